The van der Waals surface area contributed by atoms with Crippen LogP contribution >= 0.6 is 12.4 Å². The molecule has 1 N–H and O–H groups in total. The topological polar surface area (TPSA) is 50.2 Å². The summed E-state index contributed by atoms with van der Waals surface area (Å²) in [5.74, 6) is 0.388. The van der Waals surface area contributed by atoms with Crippen molar-refractivity contribution in [3.8, 4) is 5.69 Å². The second-order valence-corrected chi connectivity index (χ2v) is 6.74. The number of likely N-dealkylation sites (tertiary alicyclic amines) is 1. The van der Waals surface area contributed by atoms with Gasteiger partial charge >= 0.3 is 6.18 Å². The lowest BCUT2D eigenvalue weighted by Gasteiger charge is -2.31. The largest absolute Gasteiger partial charge is 0.416 e. The van der Waals surface area contributed by atoms with Crippen molar-refractivity contribution in [3.63, 3.8) is 0 Å². The first-order valence-corrected chi connectivity index (χ1v) is 9.11. The molecule has 1 saturated heterocycles. The summed E-state index contributed by atoms with van der Waals surface area (Å²) in [6, 6.07) is 6.44. The van der Waals surface area contributed by atoms with E-state index in [4.69, 9.17) is 0 Å². The number of amides is 1. The van der Waals surface area contributed by atoms with E-state index in [1.807, 2.05) is 0 Å². The van der Waals surface area contributed by atoms with E-state index in [0.717, 1.165) is 38.1 Å². The van der Waals surface area contributed by atoms with Crippen LogP contribution in [0.25, 0.3) is 5.69 Å². The van der Waals surface area contributed by atoms with Gasteiger partial charge in [-0.05, 0) is 56.1 Å². The summed E-state index contributed by atoms with van der Waals surface area (Å²) in [5.41, 5.74) is -0.225. The molecule has 0 saturated carbocycles. The van der Waals surface area contributed by atoms with Gasteiger partial charge in [0.15, 0.2) is 5.69 Å². The van der Waals surface area contributed by atoms with Gasteiger partial charge in [-0.25, -0.2) is 4.68 Å². The minimum atomic E-state index is -4.42. The zero-order chi connectivity index (χ0) is 19.4. The van der Waals surface area contributed by atoms with E-state index < -0.39 is 11.7 Å². The van der Waals surface area contributed by atoms with E-state index in [2.05, 4.69) is 17.3 Å². The molecule has 1 aromatic carbocycles. The third-order valence-electron chi connectivity index (χ3n) is 4.83. The van der Waals surface area contributed by atoms with Crippen LogP contribution in [0.15, 0.2) is 36.5 Å². The predicted molar refractivity (Wildman–Crippen MR) is 103 cm³/mol. The lowest BCUT2D eigenvalue weighted by atomic mass is 9.96. The summed E-state index contributed by atoms with van der Waals surface area (Å²) in [7, 11) is 0. The Morgan fingerprint density at radius 2 is 1.96 bits per heavy atom. The first kappa shape index (κ1) is 22.2. The highest BCUT2D eigenvalue weighted by Gasteiger charge is 2.30. The summed E-state index contributed by atoms with van der Waals surface area (Å²) >= 11 is 0. The smallest absolute Gasteiger partial charge is 0.337 e. The number of benzene rings is 1. The first-order valence-electron chi connectivity index (χ1n) is 9.11. The van der Waals surface area contributed by atoms with Crippen molar-refractivity contribution in [3.05, 3.63) is 47.8 Å². The highest BCUT2D eigenvalue weighted by Crippen LogP contribution is 2.30. The fourth-order valence-corrected chi connectivity index (χ4v) is 3.26. The average molecular weight is 417 g/mol. The molecule has 5 nitrogen and oxygen atoms in total. The minimum absolute atomic E-state index is 0. The fraction of sp³-hybridized carbons (Fsp3) is 0.474. The summed E-state index contributed by atoms with van der Waals surface area (Å²) in [6.07, 6.45) is -1.03. The van der Waals surface area contributed by atoms with Gasteiger partial charge in [0, 0.05) is 19.3 Å². The molecule has 0 radical (unpaired) electrons. The van der Waals surface area contributed by atoms with Gasteiger partial charge in [-0.2, -0.15) is 18.3 Å². The molecule has 1 aliphatic rings. The lowest BCUT2D eigenvalue weighted by Crippen LogP contribution is -2.41. The monoisotopic (exact) mass is 416 g/mol. The number of halogens is 4. The van der Waals surface area contributed by atoms with Crippen molar-refractivity contribution in [2.75, 3.05) is 26.2 Å². The van der Waals surface area contributed by atoms with Crippen LogP contribution in [0.2, 0.25) is 0 Å². The van der Waals surface area contributed by atoms with Crippen molar-refractivity contribution >= 4 is 18.3 Å². The van der Waals surface area contributed by atoms with E-state index in [9.17, 15) is 18.0 Å². The van der Waals surface area contributed by atoms with Crippen LogP contribution in [-0.4, -0.2) is 46.8 Å². The average Bonchev–Trinajstić information content (AvgIpc) is 3.16. The van der Waals surface area contributed by atoms with Crippen molar-refractivity contribution in [1.29, 1.82) is 0 Å². The van der Waals surface area contributed by atoms with Gasteiger partial charge < -0.3 is 10.2 Å². The standard InChI is InChI=1S/C19H23F3N4O.ClH/c1-2-23-13-14-6-9-25(10-7-14)18(27)17-8-11-26(24-17)16-5-3-4-15(12-16)19(20,21)22;/h3-5,8,11-12,14,23H,2,6-7,9-10,13H2,1H3;1H. The van der Waals surface area contributed by atoms with Crippen molar-refractivity contribution < 1.29 is 18.0 Å². The number of rotatable bonds is 5. The predicted octanol–water partition coefficient (Wildman–Crippen LogP) is 3.77. The number of aromatic nitrogens is 2. The SMILES string of the molecule is CCNCC1CCN(C(=O)c2ccn(-c3cccc(C(F)(F)F)c3)n2)CC1.Cl. The molecule has 0 bridgehead atoms. The maximum absolute atomic E-state index is 12.9. The van der Waals surface area contributed by atoms with Gasteiger partial charge in [-0.3, -0.25) is 4.79 Å². The van der Waals surface area contributed by atoms with E-state index in [0.29, 0.717) is 19.0 Å². The number of nitrogens with one attached hydrogen (secondary N) is 1. The van der Waals surface area contributed by atoms with E-state index in [1.54, 1.807) is 11.0 Å². The highest BCUT2D eigenvalue weighted by atomic mass is 35.5. The van der Waals surface area contributed by atoms with Crippen LogP contribution in [0.4, 0.5) is 13.2 Å². The molecule has 28 heavy (non-hydrogen) atoms. The molecular formula is C19H24ClF3N4O. The van der Waals surface area contributed by atoms with Gasteiger partial charge in [0.1, 0.15) is 0 Å². The Morgan fingerprint density at radius 1 is 1.25 bits per heavy atom. The van der Waals surface area contributed by atoms with Gasteiger partial charge in [0.05, 0.1) is 11.3 Å². The Balaban J connectivity index is 0.00000280. The van der Waals surface area contributed by atoms with Crippen LogP contribution in [0.3, 0.4) is 0 Å². The number of carbonyl (C=O) groups excluding carboxylic acids is 1. The van der Waals surface area contributed by atoms with E-state index >= 15 is 0 Å². The zero-order valence-corrected chi connectivity index (χ0v) is 16.4. The van der Waals surface area contributed by atoms with Crippen molar-refractivity contribution in [2.24, 2.45) is 5.92 Å². The Labute approximate surface area is 168 Å². The zero-order valence-electron chi connectivity index (χ0n) is 15.6. The van der Waals surface area contributed by atoms with Gasteiger partial charge in [-0.15, -0.1) is 12.4 Å². The molecule has 3 rings (SSSR count). The van der Waals surface area contributed by atoms with Crippen LogP contribution in [0.5, 0.6) is 0 Å². The number of nitrogens with zero attached hydrogens (tertiary/aromatic N) is 3. The van der Waals surface area contributed by atoms with E-state index in [1.165, 1.54) is 23.0 Å². The second kappa shape index (κ2) is 9.43. The molecule has 9 heteroatoms. The molecule has 1 aromatic heterocycles. The molecule has 0 aliphatic carbocycles. The summed E-state index contributed by atoms with van der Waals surface area (Å²) in [4.78, 5) is 14.4. The molecule has 0 unspecified atom stereocenters. The first-order chi connectivity index (χ1) is 12.9. The maximum Gasteiger partial charge on any atom is 0.416 e. The maximum atomic E-state index is 12.9. The van der Waals surface area contributed by atoms with E-state index in [-0.39, 0.29) is 29.7 Å². The molecule has 0 spiro atoms. The fourth-order valence-electron chi connectivity index (χ4n) is 3.26. The molecule has 1 aliphatic heterocycles. The summed E-state index contributed by atoms with van der Waals surface area (Å²) < 4.78 is 39.9. The number of carbonyl (C=O) groups is 1. The van der Waals surface area contributed by atoms with Crippen molar-refractivity contribution in [1.82, 2.24) is 20.0 Å². The normalized spacial score (nSPS) is 15.4. The number of hydrogen-bond donors (Lipinski definition) is 1. The third-order valence-corrected chi connectivity index (χ3v) is 4.83. The van der Waals surface area contributed by atoms with Crippen LogP contribution < -0.4 is 5.32 Å². The van der Waals surface area contributed by atoms with Gasteiger partial charge in [0.25, 0.3) is 5.91 Å². The third kappa shape index (κ3) is 5.26. The highest BCUT2D eigenvalue weighted by molar-refractivity contribution is 5.92. The summed E-state index contributed by atoms with van der Waals surface area (Å²) in [5, 5.41) is 7.52. The Hall–Kier alpha value is -2.06. The second-order valence-electron chi connectivity index (χ2n) is 6.74. The molecular weight excluding hydrogens is 393 g/mol. The molecule has 1 amide bonds. The Bertz CT molecular complexity index is 785. The quantitative estimate of drug-likeness (QED) is 0.807. The Morgan fingerprint density at radius 3 is 2.61 bits per heavy atom. The van der Waals surface area contributed by atoms with Gasteiger partial charge in [-0.1, -0.05) is 13.0 Å². The lowest BCUT2D eigenvalue weighted by molar-refractivity contribution is -0.137. The molecule has 2 aromatic rings. The van der Waals surface area contributed by atoms with Crippen LogP contribution in [0.1, 0.15) is 35.8 Å². The van der Waals surface area contributed by atoms with Gasteiger partial charge in [0.2, 0.25) is 0 Å². The van der Waals surface area contributed by atoms with Crippen LogP contribution in [0, 0.1) is 5.92 Å². The number of hydrogen-bond acceptors (Lipinski definition) is 3. The Kier molecular flexibility index (Phi) is 7.48. The molecule has 154 valence electrons. The molecule has 0 atom stereocenters. The minimum Gasteiger partial charge on any atom is -0.337 e. The summed E-state index contributed by atoms with van der Waals surface area (Å²) in [6.45, 7) is 5.31. The van der Waals surface area contributed by atoms with Crippen molar-refractivity contribution in [2.45, 2.75) is 25.9 Å². The number of alkyl halides is 3. The molecule has 2 heterocycles. The van der Waals surface area contributed by atoms with Crippen LogP contribution in [-0.2, 0) is 6.18 Å². The number of piperidine rings is 1. The molecule has 1 fully saturated rings.